The number of imide groups is 1. The van der Waals surface area contributed by atoms with Crippen LogP contribution in [0.4, 0.5) is 4.79 Å². The van der Waals surface area contributed by atoms with Crippen molar-refractivity contribution >= 4 is 29.0 Å². The quantitative estimate of drug-likeness (QED) is 0.794. The Labute approximate surface area is 145 Å². The topological polar surface area (TPSA) is 55.2 Å². The highest BCUT2D eigenvalue weighted by atomic mass is 32.2. The van der Waals surface area contributed by atoms with Crippen molar-refractivity contribution in [1.82, 2.24) is 14.5 Å². The summed E-state index contributed by atoms with van der Waals surface area (Å²) in [5.74, 6) is 0.616. The minimum atomic E-state index is -0.220. The number of nitrogens with zero attached hydrogens (tertiary/aromatic N) is 3. The zero-order chi connectivity index (χ0) is 17.4. The maximum absolute atomic E-state index is 12.4. The normalized spacial score (nSPS) is 16.7. The van der Waals surface area contributed by atoms with Crippen LogP contribution in [-0.4, -0.2) is 31.6 Å². The van der Waals surface area contributed by atoms with Crippen molar-refractivity contribution in [2.75, 3.05) is 0 Å². The first-order chi connectivity index (χ1) is 11.4. The summed E-state index contributed by atoms with van der Waals surface area (Å²) in [5.41, 5.74) is 2.94. The highest BCUT2D eigenvalue weighted by molar-refractivity contribution is 8.18. The fourth-order valence-corrected chi connectivity index (χ4v) is 3.79. The van der Waals surface area contributed by atoms with Gasteiger partial charge in [0.15, 0.2) is 0 Å². The van der Waals surface area contributed by atoms with E-state index in [0.29, 0.717) is 4.91 Å². The maximum atomic E-state index is 12.4. The molecule has 3 heterocycles. The Morgan fingerprint density at radius 1 is 1.21 bits per heavy atom. The third-order valence-corrected chi connectivity index (χ3v) is 4.86. The first-order valence-corrected chi connectivity index (χ1v) is 8.59. The molecule has 0 bridgehead atoms. The summed E-state index contributed by atoms with van der Waals surface area (Å²) in [6.07, 6.45) is 3.55. The molecule has 1 aliphatic heterocycles. The van der Waals surface area contributed by atoms with E-state index in [-0.39, 0.29) is 17.2 Å². The Bertz CT molecular complexity index is 837. The Hall–Kier alpha value is -2.34. The summed E-state index contributed by atoms with van der Waals surface area (Å²) in [4.78, 5) is 30.6. The zero-order valence-corrected chi connectivity index (χ0v) is 14.9. The van der Waals surface area contributed by atoms with E-state index in [4.69, 9.17) is 0 Å². The van der Waals surface area contributed by atoms with Crippen molar-refractivity contribution in [2.45, 2.75) is 33.7 Å². The fraction of sp³-hybridized carbons (Fsp3) is 0.278. The molecule has 1 saturated heterocycles. The molecule has 1 fully saturated rings. The molecule has 0 atom stereocenters. The molecule has 0 spiro atoms. The van der Waals surface area contributed by atoms with Crippen LogP contribution in [0.5, 0.6) is 0 Å². The zero-order valence-electron chi connectivity index (χ0n) is 14.1. The first-order valence-electron chi connectivity index (χ1n) is 7.77. The summed E-state index contributed by atoms with van der Waals surface area (Å²) < 4.78 is 2.04. The summed E-state index contributed by atoms with van der Waals surface area (Å²) in [7, 11) is 0. The predicted octanol–water partition coefficient (Wildman–Crippen LogP) is 3.93. The molecule has 0 unspecified atom stereocenters. The predicted molar refractivity (Wildman–Crippen MR) is 96.0 cm³/mol. The second kappa shape index (κ2) is 6.28. The molecule has 3 rings (SSSR count). The van der Waals surface area contributed by atoms with Gasteiger partial charge in [-0.3, -0.25) is 14.5 Å². The average Bonchev–Trinajstić information content (AvgIpc) is 2.96. The van der Waals surface area contributed by atoms with Gasteiger partial charge in [0.2, 0.25) is 0 Å². The Morgan fingerprint density at radius 3 is 2.54 bits per heavy atom. The van der Waals surface area contributed by atoms with Crippen LogP contribution in [0.3, 0.4) is 0 Å². The van der Waals surface area contributed by atoms with Crippen molar-refractivity contribution < 1.29 is 9.59 Å². The molecule has 1 aliphatic rings. The van der Waals surface area contributed by atoms with Gasteiger partial charge in [-0.1, -0.05) is 6.07 Å². The van der Waals surface area contributed by atoms with Gasteiger partial charge in [0.1, 0.15) is 5.82 Å². The van der Waals surface area contributed by atoms with Gasteiger partial charge in [0, 0.05) is 23.6 Å². The molecule has 24 heavy (non-hydrogen) atoms. The van der Waals surface area contributed by atoms with Gasteiger partial charge in [0.25, 0.3) is 11.1 Å². The van der Waals surface area contributed by atoms with E-state index in [1.807, 2.05) is 56.5 Å². The molecule has 6 heteroatoms. The molecule has 5 nitrogen and oxygen atoms in total. The standard InChI is InChI=1S/C18H19N3O2S/c1-11(2)20-17(22)15(24-18(20)23)10-14-9-12(3)21(13(14)4)16-7-5-6-8-19-16/h5-11H,1-4H3/b15-10-. The number of hydrogen-bond donors (Lipinski definition) is 0. The molecule has 2 amide bonds. The molecule has 2 aromatic rings. The van der Waals surface area contributed by atoms with Crippen LogP contribution in [0.15, 0.2) is 35.4 Å². The fourth-order valence-electron chi connectivity index (χ4n) is 2.84. The number of carbonyl (C=O) groups is 2. The summed E-state index contributed by atoms with van der Waals surface area (Å²) in [6.45, 7) is 7.66. The maximum Gasteiger partial charge on any atom is 0.293 e. The molecule has 2 aromatic heterocycles. The van der Waals surface area contributed by atoms with Crippen molar-refractivity contribution in [3.8, 4) is 5.82 Å². The van der Waals surface area contributed by atoms with Gasteiger partial charge in [0.05, 0.1) is 4.91 Å². The lowest BCUT2D eigenvalue weighted by Gasteiger charge is -2.16. The number of hydrogen-bond acceptors (Lipinski definition) is 4. The van der Waals surface area contributed by atoms with Crippen LogP contribution in [0, 0.1) is 13.8 Å². The van der Waals surface area contributed by atoms with Gasteiger partial charge >= 0.3 is 0 Å². The first kappa shape index (κ1) is 16.5. The Morgan fingerprint density at radius 2 is 1.96 bits per heavy atom. The molecular formula is C18H19N3O2S. The number of aromatic nitrogens is 2. The van der Waals surface area contributed by atoms with E-state index in [9.17, 15) is 9.59 Å². The van der Waals surface area contributed by atoms with Gasteiger partial charge in [-0.25, -0.2) is 4.98 Å². The van der Waals surface area contributed by atoms with Crippen LogP contribution in [0.2, 0.25) is 0 Å². The molecule has 0 radical (unpaired) electrons. The number of pyridine rings is 1. The van der Waals surface area contributed by atoms with E-state index >= 15 is 0 Å². The number of carbonyl (C=O) groups excluding carboxylic acids is 2. The van der Waals surface area contributed by atoms with Crippen molar-refractivity contribution in [2.24, 2.45) is 0 Å². The molecule has 0 N–H and O–H groups in total. The second-order valence-corrected chi connectivity index (χ2v) is 6.99. The lowest BCUT2D eigenvalue weighted by atomic mass is 10.2. The SMILES string of the molecule is Cc1cc(/C=C2\SC(=O)N(C(C)C)C2=O)c(C)n1-c1ccccn1. The second-order valence-electron chi connectivity index (χ2n) is 6.00. The molecule has 0 saturated carbocycles. The summed E-state index contributed by atoms with van der Waals surface area (Å²) >= 11 is 0.998. The number of rotatable bonds is 3. The molecule has 124 valence electrons. The van der Waals surface area contributed by atoms with Gasteiger partial charge < -0.3 is 4.57 Å². The highest BCUT2D eigenvalue weighted by Crippen LogP contribution is 2.34. The van der Waals surface area contributed by atoms with Gasteiger partial charge in [-0.05, 0) is 69.3 Å². The van der Waals surface area contributed by atoms with Gasteiger partial charge in [-0.15, -0.1) is 0 Å². The smallest absolute Gasteiger partial charge is 0.293 e. The monoisotopic (exact) mass is 341 g/mol. The van der Waals surface area contributed by atoms with Crippen LogP contribution in [0.25, 0.3) is 11.9 Å². The molecular weight excluding hydrogens is 322 g/mol. The van der Waals surface area contributed by atoms with E-state index in [2.05, 4.69) is 4.98 Å². The highest BCUT2D eigenvalue weighted by Gasteiger charge is 2.36. The van der Waals surface area contributed by atoms with Crippen molar-refractivity contribution in [3.63, 3.8) is 0 Å². The van der Waals surface area contributed by atoms with E-state index in [1.54, 1.807) is 12.3 Å². The van der Waals surface area contributed by atoms with Crippen LogP contribution in [0.1, 0.15) is 30.8 Å². The lowest BCUT2D eigenvalue weighted by molar-refractivity contribution is -0.123. The van der Waals surface area contributed by atoms with Crippen LogP contribution in [-0.2, 0) is 4.79 Å². The van der Waals surface area contributed by atoms with E-state index in [1.165, 1.54) is 4.90 Å². The molecule has 0 aliphatic carbocycles. The van der Waals surface area contributed by atoms with Crippen molar-refractivity contribution in [1.29, 1.82) is 0 Å². The average molecular weight is 341 g/mol. The third-order valence-electron chi connectivity index (χ3n) is 3.98. The Balaban J connectivity index is 2.01. The summed E-state index contributed by atoms with van der Waals surface area (Å²) in [6, 6.07) is 7.63. The third kappa shape index (κ3) is 2.78. The minimum absolute atomic E-state index is 0.135. The van der Waals surface area contributed by atoms with Crippen LogP contribution >= 0.6 is 11.8 Å². The Kier molecular flexibility index (Phi) is 4.32. The number of aryl methyl sites for hydroxylation is 1. The lowest BCUT2D eigenvalue weighted by Crippen LogP contribution is -2.34. The number of amides is 2. The van der Waals surface area contributed by atoms with Crippen molar-refractivity contribution in [3.05, 3.63) is 52.3 Å². The van der Waals surface area contributed by atoms with Gasteiger partial charge in [-0.2, -0.15) is 0 Å². The van der Waals surface area contributed by atoms with E-state index < -0.39 is 0 Å². The number of thioether (sulfide) groups is 1. The largest absolute Gasteiger partial charge is 0.303 e. The van der Waals surface area contributed by atoms with Crippen LogP contribution < -0.4 is 0 Å². The van der Waals surface area contributed by atoms with E-state index in [0.717, 1.165) is 34.5 Å². The summed E-state index contributed by atoms with van der Waals surface area (Å²) in [5, 5.41) is -0.209. The minimum Gasteiger partial charge on any atom is -0.303 e. The molecule has 0 aromatic carbocycles.